The van der Waals surface area contributed by atoms with Gasteiger partial charge in [0.2, 0.25) is 0 Å². The van der Waals surface area contributed by atoms with E-state index in [4.69, 9.17) is 0 Å². The molecule has 0 atom stereocenters. The monoisotopic (exact) mass is 559 g/mol. The van der Waals surface area contributed by atoms with E-state index in [1.54, 1.807) is 0 Å². The summed E-state index contributed by atoms with van der Waals surface area (Å²) in [5.74, 6) is 0. The molecule has 0 saturated carbocycles. The summed E-state index contributed by atoms with van der Waals surface area (Å²) in [5, 5.41) is 0. The fourth-order valence-corrected chi connectivity index (χ4v) is 1.72. The van der Waals surface area contributed by atoms with E-state index in [0.29, 0.717) is 0 Å². The van der Waals surface area contributed by atoms with Gasteiger partial charge in [-0.05, 0) is 50.4 Å². The molecule has 0 N–H and O–H groups in total. The Balaban J connectivity index is -0.000000130. The minimum atomic E-state index is -3.88. The first-order valence-electron chi connectivity index (χ1n) is 4.95. The number of hydrogen-bond donors (Lipinski definition) is 0. The molecule has 156 valence electrons. The van der Waals surface area contributed by atoms with Gasteiger partial charge in [0, 0.05) is 17.4 Å². The van der Waals surface area contributed by atoms with Gasteiger partial charge in [0.1, 0.15) is 0 Å². The van der Waals surface area contributed by atoms with Crippen molar-refractivity contribution >= 4 is 52.2 Å². The quantitative estimate of drug-likeness (QED) is 0.241. The van der Waals surface area contributed by atoms with E-state index < -0.39 is 52.2 Å². The largest absolute Gasteiger partial charge is 0.486 e. The molecule has 0 radical (unpaired) electrons. The van der Waals surface area contributed by atoms with Crippen molar-refractivity contribution < 1.29 is 67.7 Å². The van der Waals surface area contributed by atoms with Crippen LogP contribution in [0.15, 0.2) is 0 Å². The molecule has 0 aliphatic carbocycles. The van der Waals surface area contributed by atoms with Crippen molar-refractivity contribution in [3.8, 4) is 0 Å². The molecular formula is C3H15CrF12N3P6+6. The maximum absolute atomic E-state index is 11.3. The molecule has 0 aromatic heterocycles. The summed E-state index contributed by atoms with van der Waals surface area (Å²) in [6.45, 7) is 0. The van der Waals surface area contributed by atoms with Crippen LogP contribution < -0.4 is 0 Å². The van der Waals surface area contributed by atoms with Gasteiger partial charge in [-0.2, -0.15) is 0 Å². The van der Waals surface area contributed by atoms with Crippen LogP contribution in [0.5, 0.6) is 0 Å². The van der Waals surface area contributed by atoms with Crippen LogP contribution in [0.3, 0.4) is 0 Å². The Bertz CT molecular complexity index is 226. The van der Waals surface area contributed by atoms with E-state index in [0.717, 1.165) is 21.1 Å². The molecule has 0 spiro atoms. The summed E-state index contributed by atoms with van der Waals surface area (Å²) in [6.07, 6.45) is 0. The summed E-state index contributed by atoms with van der Waals surface area (Å²) >= 11 is 0. The molecule has 0 fully saturated rings. The average molecular weight is 559 g/mol. The van der Waals surface area contributed by atoms with Crippen molar-refractivity contribution in [2.45, 2.75) is 0 Å². The van der Waals surface area contributed by atoms with Gasteiger partial charge in [-0.15, -0.1) is 0 Å². The van der Waals surface area contributed by atoms with E-state index in [2.05, 4.69) is 0 Å². The van der Waals surface area contributed by atoms with Crippen molar-refractivity contribution in [2.24, 2.45) is 0 Å². The Labute approximate surface area is 154 Å². The second-order valence-corrected chi connectivity index (χ2v) is 11.4. The Morgan fingerprint density at radius 3 is 0.440 bits per heavy atom. The third-order valence-electron chi connectivity index (χ3n) is 1.52. The summed E-state index contributed by atoms with van der Waals surface area (Å²) in [7, 11) is -21.1. The van der Waals surface area contributed by atoms with Crippen molar-refractivity contribution in [3.05, 3.63) is 0 Å². The topological polar surface area (TPSA) is 9.72 Å². The fraction of sp³-hybridized carbons (Fsp3) is 1.00. The number of halogens is 12. The predicted octanol–water partition coefficient (Wildman–Crippen LogP) is 8.14. The van der Waals surface area contributed by atoms with Crippen LogP contribution in [0.4, 0.5) is 50.4 Å². The molecule has 0 bridgehead atoms. The zero-order valence-corrected chi connectivity index (χ0v) is 19.6. The summed E-state index contributed by atoms with van der Waals surface area (Å²) in [4.78, 5) is 0. The predicted molar refractivity (Wildman–Crippen MR) is 86.5 cm³/mol. The van der Waals surface area contributed by atoms with Crippen molar-refractivity contribution in [1.82, 2.24) is 13.3 Å². The number of nitrogens with zero attached hydrogens (tertiary/aromatic N) is 3. The van der Waals surface area contributed by atoms with E-state index >= 15 is 0 Å². The van der Waals surface area contributed by atoms with Crippen LogP contribution in [0, 0.1) is 0 Å². The van der Waals surface area contributed by atoms with Gasteiger partial charge in [-0.1, -0.05) is 0 Å². The Hall–Kier alpha value is 2.15. The smallest absolute Gasteiger partial charge is 0.000129 e. The van der Waals surface area contributed by atoms with E-state index in [-0.39, 0.29) is 30.7 Å². The SMILES string of the molecule is CN([PH+](F)F)[PH+](F)F.CN([PH+](F)F)[PH+](F)F.CN([PH+](F)F)[PH+](F)F.[Cr]. The van der Waals surface area contributed by atoms with Crippen molar-refractivity contribution in [2.75, 3.05) is 21.1 Å². The molecule has 0 rings (SSSR count). The number of hydrogen-bond acceptors (Lipinski definition) is 3. The first kappa shape index (κ1) is 34.6. The molecule has 0 aromatic rings. The zero-order valence-electron chi connectivity index (χ0n) is 12.3. The van der Waals surface area contributed by atoms with E-state index in [9.17, 15) is 50.4 Å². The standard InChI is InChI=1S/3CH3F4NP2.Cr/c3*1-6(7(2)3)8(4)5;/h3*1H3;/p+6. The molecule has 0 unspecified atom stereocenters. The first-order valence-corrected chi connectivity index (χ1v) is 12.2. The van der Waals surface area contributed by atoms with Gasteiger partial charge in [-0.3, -0.25) is 0 Å². The normalized spacial score (nSPS) is 11.5. The fourth-order valence-electron chi connectivity index (χ4n) is 0.192. The first-order chi connectivity index (χ1) is 10.7. The third kappa shape index (κ3) is 22.3. The van der Waals surface area contributed by atoms with Gasteiger partial charge >= 0.3 is 52.2 Å². The van der Waals surface area contributed by atoms with Gasteiger partial charge in [0.25, 0.3) is 0 Å². The summed E-state index contributed by atoms with van der Waals surface area (Å²) in [5.41, 5.74) is 0. The minimum absolute atomic E-state index is 0. The van der Waals surface area contributed by atoms with Gasteiger partial charge in [-0.25, -0.2) is 0 Å². The molecule has 0 aliphatic rings. The maximum Gasteiger partial charge on any atom is 0.486 e. The summed E-state index contributed by atoms with van der Waals surface area (Å²) < 4.78 is 135. The molecular weight excluding hydrogens is 544 g/mol. The van der Waals surface area contributed by atoms with Crippen LogP contribution in [-0.4, -0.2) is 34.5 Å². The van der Waals surface area contributed by atoms with Crippen LogP contribution >= 0.6 is 52.2 Å². The molecule has 0 amide bonds. The Kier molecular flexibility index (Phi) is 27.0. The van der Waals surface area contributed by atoms with E-state index in [1.165, 1.54) is 0 Å². The van der Waals surface area contributed by atoms with E-state index in [1.807, 2.05) is 0 Å². The molecule has 25 heavy (non-hydrogen) atoms. The maximum atomic E-state index is 11.3. The van der Waals surface area contributed by atoms with Crippen LogP contribution in [0.1, 0.15) is 0 Å². The van der Waals surface area contributed by atoms with Gasteiger partial charge in [0.15, 0.2) is 0 Å². The molecule has 3 nitrogen and oxygen atoms in total. The van der Waals surface area contributed by atoms with Gasteiger partial charge < -0.3 is 0 Å². The molecule has 22 heteroatoms. The molecule has 0 saturated heterocycles. The van der Waals surface area contributed by atoms with Crippen molar-refractivity contribution in [1.29, 1.82) is 0 Å². The second-order valence-electron chi connectivity index (χ2n) is 3.12. The molecule has 0 aromatic carbocycles. The molecule has 0 heterocycles. The second kappa shape index (κ2) is 19.5. The van der Waals surface area contributed by atoms with Gasteiger partial charge in [0.05, 0.1) is 34.5 Å². The summed E-state index contributed by atoms with van der Waals surface area (Å²) in [6, 6.07) is 0. The minimum Gasteiger partial charge on any atom is -0.000129 e. The average Bonchev–Trinajstić information content (AvgIpc) is 2.45. The zero-order chi connectivity index (χ0) is 20.2. The molecule has 0 aliphatic heterocycles. The van der Waals surface area contributed by atoms with Crippen LogP contribution in [0.25, 0.3) is 0 Å². The van der Waals surface area contributed by atoms with Crippen LogP contribution in [0.2, 0.25) is 0 Å². The van der Waals surface area contributed by atoms with Crippen LogP contribution in [-0.2, 0) is 17.4 Å². The third-order valence-corrected chi connectivity index (χ3v) is 7.61. The Morgan fingerprint density at radius 1 is 0.360 bits per heavy atom. The number of rotatable bonds is 6. The van der Waals surface area contributed by atoms with Crippen molar-refractivity contribution in [3.63, 3.8) is 0 Å². The Morgan fingerprint density at radius 2 is 0.440 bits per heavy atom.